The molecule has 37 heavy (non-hydrogen) atoms. The molecule has 1 fully saturated rings. The zero-order valence-electron chi connectivity index (χ0n) is 20.0. The Balaban J connectivity index is 1.57. The van der Waals surface area contributed by atoms with Gasteiger partial charge >= 0.3 is 5.91 Å². The molecule has 1 aliphatic heterocycles. The number of Topliss-reactive ketones (excluding diaryl/α,β-unsaturated/α-hetero) is 1. The molecule has 1 N–H and O–H groups in total. The smallest absolute Gasteiger partial charge is 0.301 e. The van der Waals surface area contributed by atoms with Gasteiger partial charge in [-0.25, -0.2) is 9.97 Å². The summed E-state index contributed by atoms with van der Waals surface area (Å²) in [6.45, 7) is 4.18. The Morgan fingerprint density at radius 3 is 2.78 bits per heavy atom. The van der Waals surface area contributed by atoms with Crippen LogP contribution in [0.4, 0.5) is 5.13 Å². The normalized spacial score (nSPS) is 17.2. The molecule has 1 amide bonds. The Morgan fingerprint density at radius 2 is 2.00 bits per heavy atom. The van der Waals surface area contributed by atoms with Gasteiger partial charge in [-0.1, -0.05) is 23.5 Å². The van der Waals surface area contributed by atoms with Crippen molar-refractivity contribution in [2.24, 2.45) is 0 Å². The zero-order chi connectivity index (χ0) is 25.7. The molecule has 5 heterocycles. The van der Waals surface area contributed by atoms with E-state index in [0.29, 0.717) is 45.6 Å². The number of hydrogen-bond donors (Lipinski definition) is 1. The molecule has 1 saturated heterocycles. The Morgan fingerprint density at radius 1 is 1.14 bits per heavy atom. The Bertz CT molecular complexity index is 1720. The van der Waals surface area contributed by atoms with Gasteiger partial charge in [0.15, 0.2) is 10.9 Å². The third kappa shape index (κ3) is 3.64. The van der Waals surface area contributed by atoms with Crippen molar-refractivity contribution < 1.29 is 19.4 Å². The van der Waals surface area contributed by atoms with Crippen molar-refractivity contribution in [1.82, 2.24) is 19.4 Å². The van der Waals surface area contributed by atoms with E-state index in [1.54, 1.807) is 54.2 Å². The van der Waals surface area contributed by atoms with Crippen LogP contribution in [0.15, 0.2) is 72.7 Å². The number of ketones is 1. The lowest BCUT2D eigenvalue weighted by molar-refractivity contribution is -0.132. The number of thiazole rings is 1. The SMILES string of the molecule is CCOc1ccc2nc(N3C(=O)C(=O)C(=C(O)c4c(C)nc5ccccn45)C3c3cccnc3)sc2c1. The van der Waals surface area contributed by atoms with Crippen LogP contribution in [0.1, 0.15) is 29.9 Å². The summed E-state index contributed by atoms with van der Waals surface area (Å²) < 4.78 is 8.11. The summed E-state index contributed by atoms with van der Waals surface area (Å²) in [5.41, 5.74) is 2.71. The predicted octanol–water partition coefficient (Wildman–Crippen LogP) is 4.67. The first kappa shape index (κ1) is 22.9. The van der Waals surface area contributed by atoms with Gasteiger partial charge in [0.05, 0.1) is 34.1 Å². The van der Waals surface area contributed by atoms with Crippen LogP contribution >= 0.6 is 11.3 Å². The topological polar surface area (TPSA) is 110 Å². The molecule has 184 valence electrons. The molecule has 5 aromatic rings. The molecular formula is C27H21N5O4S. The second kappa shape index (κ2) is 8.82. The van der Waals surface area contributed by atoms with Gasteiger partial charge < -0.3 is 9.84 Å². The number of amides is 1. The minimum absolute atomic E-state index is 0.0407. The quantitative estimate of drug-likeness (QED) is 0.207. The second-order valence-corrected chi connectivity index (χ2v) is 9.50. The molecular weight excluding hydrogens is 490 g/mol. The highest BCUT2D eigenvalue weighted by Crippen LogP contribution is 2.44. The van der Waals surface area contributed by atoms with Crippen LogP contribution < -0.4 is 9.64 Å². The predicted molar refractivity (Wildman–Crippen MR) is 140 cm³/mol. The van der Waals surface area contributed by atoms with Crippen molar-refractivity contribution in [3.05, 3.63) is 89.6 Å². The number of aryl methyl sites for hydroxylation is 1. The lowest BCUT2D eigenvalue weighted by Gasteiger charge is -2.22. The van der Waals surface area contributed by atoms with Crippen molar-refractivity contribution in [3.8, 4) is 5.75 Å². The van der Waals surface area contributed by atoms with Gasteiger partial charge in [0.2, 0.25) is 0 Å². The standard InChI is InChI=1S/C27H21N5O4S/c1-3-36-17-9-10-18-19(13-17)37-27(30-18)32-23(16-7-6-11-28-14-16)21(25(34)26(32)35)24(33)22-15(2)29-20-8-4-5-12-31(20)22/h4-14,23,33H,3H2,1-2H3. The van der Waals surface area contributed by atoms with Gasteiger partial charge in [0.1, 0.15) is 17.1 Å². The van der Waals surface area contributed by atoms with E-state index in [9.17, 15) is 14.7 Å². The number of carbonyl (C=O) groups is 2. The average molecular weight is 512 g/mol. The number of aromatic nitrogens is 4. The molecule has 10 heteroatoms. The van der Waals surface area contributed by atoms with Crippen LogP contribution in [-0.2, 0) is 9.59 Å². The maximum Gasteiger partial charge on any atom is 0.301 e. The number of rotatable bonds is 5. The fraction of sp³-hybridized carbons (Fsp3) is 0.148. The highest BCUT2D eigenvalue weighted by molar-refractivity contribution is 7.22. The lowest BCUT2D eigenvalue weighted by Crippen LogP contribution is -2.29. The minimum Gasteiger partial charge on any atom is -0.505 e. The summed E-state index contributed by atoms with van der Waals surface area (Å²) >= 11 is 1.28. The number of pyridine rings is 2. The van der Waals surface area contributed by atoms with Gasteiger partial charge in [-0.2, -0.15) is 0 Å². The van der Waals surface area contributed by atoms with Gasteiger partial charge in [-0.15, -0.1) is 0 Å². The summed E-state index contributed by atoms with van der Waals surface area (Å²) in [6.07, 6.45) is 4.94. The first-order valence-electron chi connectivity index (χ1n) is 11.7. The van der Waals surface area contributed by atoms with E-state index >= 15 is 0 Å². The summed E-state index contributed by atoms with van der Waals surface area (Å²) in [5, 5.41) is 11.9. The van der Waals surface area contributed by atoms with E-state index < -0.39 is 17.7 Å². The molecule has 1 aliphatic rings. The fourth-order valence-electron chi connectivity index (χ4n) is 4.66. The first-order valence-corrected chi connectivity index (χ1v) is 12.5. The van der Waals surface area contributed by atoms with E-state index in [1.807, 2.05) is 31.2 Å². The summed E-state index contributed by atoms with van der Waals surface area (Å²) in [5.74, 6) is -1.18. The van der Waals surface area contributed by atoms with Gasteiger partial charge in [-0.05, 0) is 55.8 Å². The van der Waals surface area contributed by atoms with E-state index in [4.69, 9.17) is 4.74 Å². The highest BCUT2D eigenvalue weighted by atomic mass is 32.1. The fourth-order valence-corrected chi connectivity index (χ4v) is 5.68. The number of hydrogen-bond acceptors (Lipinski definition) is 8. The summed E-state index contributed by atoms with van der Waals surface area (Å²) in [7, 11) is 0. The van der Waals surface area contributed by atoms with Crippen LogP contribution in [0.3, 0.4) is 0 Å². The summed E-state index contributed by atoms with van der Waals surface area (Å²) in [4.78, 5) is 41.7. The van der Waals surface area contributed by atoms with Crippen LogP contribution in [0.25, 0.3) is 21.6 Å². The Kier molecular flexibility index (Phi) is 5.45. The molecule has 4 aromatic heterocycles. The van der Waals surface area contributed by atoms with E-state index in [2.05, 4.69) is 15.0 Å². The van der Waals surface area contributed by atoms with Gasteiger partial charge in [0.25, 0.3) is 5.78 Å². The molecule has 1 unspecified atom stereocenters. The maximum atomic E-state index is 13.5. The summed E-state index contributed by atoms with van der Waals surface area (Å²) in [6, 6.07) is 13.5. The van der Waals surface area contributed by atoms with Crippen molar-refractivity contribution in [1.29, 1.82) is 0 Å². The monoisotopic (exact) mass is 511 g/mol. The molecule has 0 aliphatic carbocycles. The third-order valence-corrected chi connectivity index (χ3v) is 7.26. The molecule has 1 aromatic carbocycles. The Hall–Kier alpha value is -4.57. The van der Waals surface area contributed by atoms with E-state index in [0.717, 1.165) is 4.70 Å². The third-order valence-electron chi connectivity index (χ3n) is 6.24. The molecule has 0 spiro atoms. The van der Waals surface area contributed by atoms with Crippen LogP contribution in [-0.4, -0.2) is 42.8 Å². The highest BCUT2D eigenvalue weighted by Gasteiger charge is 2.48. The maximum absolute atomic E-state index is 13.5. The number of nitrogens with zero attached hydrogens (tertiary/aromatic N) is 5. The van der Waals surface area contributed by atoms with Crippen molar-refractivity contribution >= 4 is 49.8 Å². The molecule has 9 nitrogen and oxygen atoms in total. The van der Waals surface area contributed by atoms with Gasteiger partial charge in [0, 0.05) is 18.6 Å². The van der Waals surface area contributed by atoms with Crippen molar-refractivity contribution in [2.75, 3.05) is 11.5 Å². The van der Waals surface area contributed by atoms with Crippen LogP contribution in [0.2, 0.25) is 0 Å². The lowest BCUT2D eigenvalue weighted by atomic mass is 9.97. The number of aliphatic hydroxyl groups is 1. The molecule has 6 rings (SSSR count). The number of imidazole rings is 1. The Labute approximate surface area is 215 Å². The number of fused-ring (bicyclic) bond motifs is 2. The number of carbonyl (C=O) groups excluding carboxylic acids is 2. The minimum atomic E-state index is -0.922. The number of benzene rings is 1. The molecule has 0 saturated carbocycles. The van der Waals surface area contributed by atoms with Crippen molar-refractivity contribution in [3.63, 3.8) is 0 Å². The van der Waals surface area contributed by atoms with Gasteiger partial charge in [-0.3, -0.25) is 23.9 Å². The molecule has 1 atom stereocenters. The van der Waals surface area contributed by atoms with E-state index in [-0.39, 0.29) is 11.3 Å². The van der Waals surface area contributed by atoms with Crippen LogP contribution in [0, 0.1) is 6.92 Å². The van der Waals surface area contributed by atoms with Crippen LogP contribution in [0.5, 0.6) is 5.75 Å². The number of aliphatic hydroxyl groups excluding tert-OH is 1. The largest absolute Gasteiger partial charge is 0.505 e. The number of anilines is 1. The first-order chi connectivity index (χ1) is 18.0. The zero-order valence-corrected chi connectivity index (χ0v) is 20.8. The molecule has 0 bridgehead atoms. The average Bonchev–Trinajstić information content (AvgIpc) is 3.55. The van der Waals surface area contributed by atoms with Crippen molar-refractivity contribution in [2.45, 2.75) is 19.9 Å². The number of ether oxygens (including phenoxy) is 1. The van der Waals surface area contributed by atoms with E-state index in [1.165, 1.54) is 16.2 Å². The molecule has 0 radical (unpaired) electrons. The second-order valence-electron chi connectivity index (χ2n) is 8.49.